The van der Waals surface area contributed by atoms with Gasteiger partial charge in [0.2, 0.25) is 11.8 Å². The first-order valence-electron chi connectivity index (χ1n) is 7.97. The molecule has 1 saturated carbocycles. The number of hydrogen-bond donors (Lipinski definition) is 3. The molecule has 0 aromatic rings. The summed E-state index contributed by atoms with van der Waals surface area (Å²) in [4.78, 5) is 23.6. The van der Waals surface area contributed by atoms with Crippen LogP contribution in [0.15, 0.2) is 0 Å². The zero-order valence-corrected chi connectivity index (χ0v) is 12.6. The first-order chi connectivity index (χ1) is 10.1. The van der Waals surface area contributed by atoms with Gasteiger partial charge in [0.25, 0.3) is 0 Å². The summed E-state index contributed by atoms with van der Waals surface area (Å²) in [6, 6.07) is -0.145. The Hall–Kier alpha value is -1.14. The molecule has 2 rings (SSSR count). The molecule has 6 heteroatoms. The summed E-state index contributed by atoms with van der Waals surface area (Å²) in [6.45, 7) is 2.35. The first kappa shape index (κ1) is 16.2. The maximum Gasteiger partial charge on any atom is 0.223 e. The zero-order chi connectivity index (χ0) is 15.2. The molecule has 1 aliphatic heterocycles. The molecule has 21 heavy (non-hydrogen) atoms. The van der Waals surface area contributed by atoms with E-state index in [1.807, 2.05) is 6.92 Å². The van der Waals surface area contributed by atoms with Gasteiger partial charge in [0.05, 0.1) is 25.2 Å². The molecule has 2 amide bonds. The van der Waals surface area contributed by atoms with E-state index in [0.29, 0.717) is 13.0 Å². The molecule has 0 aromatic heterocycles. The van der Waals surface area contributed by atoms with Crippen molar-refractivity contribution in [2.75, 3.05) is 13.2 Å². The molecule has 0 spiro atoms. The molecule has 1 heterocycles. The van der Waals surface area contributed by atoms with Gasteiger partial charge >= 0.3 is 0 Å². The van der Waals surface area contributed by atoms with E-state index in [9.17, 15) is 14.7 Å². The lowest BCUT2D eigenvalue weighted by Crippen LogP contribution is -2.53. The van der Waals surface area contributed by atoms with Crippen molar-refractivity contribution in [3.8, 4) is 0 Å². The fourth-order valence-corrected chi connectivity index (χ4v) is 2.89. The number of rotatable bonds is 6. The molecule has 2 fully saturated rings. The minimum Gasteiger partial charge on any atom is -0.394 e. The minimum atomic E-state index is -0.415. The number of ether oxygens (including phenoxy) is 1. The molecule has 1 aliphatic carbocycles. The summed E-state index contributed by atoms with van der Waals surface area (Å²) in [5.74, 6) is 0.184. The maximum atomic E-state index is 12.0. The molecule has 6 nitrogen and oxygen atoms in total. The normalized spacial score (nSPS) is 29.5. The Labute approximate surface area is 125 Å². The van der Waals surface area contributed by atoms with Gasteiger partial charge in [-0.1, -0.05) is 6.42 Å². The number of aliphatic hydroxyl groups excluding tert-OH is 1. The van der Waals surface area contributed by atoms with Gasteiger partial charge in [0, 0.05) is 12.5 Å². The van der Waals surface area contributed by atoms with Crippen LogP contribution in [0, 0.1) is 5.92 Å². The van der Waals surface area contributed by atoms with E-state index < -0.39 is 6.10 Å². The number of hydrogen-bond acceptors (Lipinski definition) is 4. The van der Waals surface area contributed by atoms with Crippen molar-refractivity contribution < 1.29 is 19.4 Å². The van der Waals surface area contributed by atoms with Crippen LogP contribution in [-0.2, 0) is 14.3 Å². The van der Waals surface area contributed by atoms with Crippen molar-refractivity contribution in [2.24, 2.45) is 5.92 Å². The molecule has 120 valence electrons. The van der Waals surface area contributed by atoms with Crippen molar-refractivity contribution in [1.82, 2.24) is 10.6 Å². The summed E-state index contributed by atoms with van der Waals surface area (Å²) in [6.07, 6.45) is 4.24. The predicted octanol–water partition coefficient (Wildman–Crippen LogP) is 0.337. The number of carbonyl (C=O) groups excluding carboxylic acids is 2. The molecule has 3 atom stereocenters. The summed E-state index contributed by atoms with van der Waals surface area (Å²) < 4.78 is 5.77. The van der Waals surface area contributed by atoms with Crippen LogP contribution in [0.5, 0.6) is 0 Å². The fourth-order valence-electron chi connectivity index (χ4n) is 2.89. The standard InChI is InChI=1S/C15H26N2O4/c1-2-16-14(19)8-11-6-7-12(13(9-18)21-11)17-15(20)10-4-3-5-10/h10-13,18H,2-9H2,1H3,(H,16,19)(H,17,20)/t11-,12-,13-/m0/s1. The maximum absolute atomic E-state index is 12.0. The molecule has 3 N–H and O–H groups in total. The Kier molecular flexibility index (Phi) is 5.99. The Balaban J connectivity index is 1.80. The lowest BCUT2D eigenvalue weighted by Gasteiger charge is -2.37. The summed E-state index contributed by atoms with van der Waals surface area (Å²) in [7, 11) is 0. The molecule has 0 unspecified atom stereocenters. The van der Waals surface area contributed by atoms with Gasteiger partial charge in [-0.05, 0) is 32.6 Å². The van der Waals surface area contributed by atoms with E-state index in [4.69, 9.17) is 4.74 Å². The van der Waals surface area contributed by atoms with E-state index in [1.54, 1.807) is 0 Å². The topological polar surface area (TPSA) is 87.7 Å². The van der Waals surface area contributed by atoms with Gasteiger partial charge in [-0.15, -0.1) is 0 Å². The number of aliphatic hydroxyl groups is 1. The van der Waals surface area contributed by atoms with Gasteiger partial charge in [0.1, 0.15) is 6.10 Å². The summed E-state index contributed by atoms with van der Waals surface area (Å²) in [5, 5.41) is 15.2. The van der Waals surface area contributed by atoms with Crippen molar-refractivity contribution in [1.29, 1.82) is 0 Å². The van der Waals surface area contributed by atoms with Crippen LogP contribution in [0.4, 0.5) is 0 Å². The largest absolute Gasteiger partial charge is 0.394 e. The highest BCUT2D eigenvalue weighted by Crippen LogP contribution is 2.28. The van der Waals surface area contributed by atoms with Crippen LogP contribution in [0.1, 0.15) is 45.4 Å². The summed E-state index contributed by atoms with van der Waals surface area (Å²) >= 11 is 0. The highest BCUT2D eigenvalue weighted by molar-refractivity contribution is 5.79. The lowest BCUT2D eigenvalue weighted by molar-refractivity contribution is -0.138. The van der Waals surface area contributed by atoms with E-state index in [-0.39, 0.29) is 36.5 Å². The third kappa shape index (κ3) is 4.41. The van der Waals surface area contributed by atoms with E-state index in [0.717, 1.165) is 32.1 Å². The van der Waals surface area contributed by atoms with Gasteiger partial charge in [-0.25, -0.2) is 0 Å². The third-order valence-corrected chi connectivity index (χ3v) is 4.39. The van der Waals surface area contributed by atoms with Crippen molar-refractivity contribution in [3.05, 3.63) is 0 Å². The number of carbonyl (C=O) groups is 2. The monoisotopic (exact) mass is 298 g/mol. The lowest BCUT2D eigenvalue weighted by atomic mass is 9.84. The number of amides is 2. The fraction of sp³-hybridized carbons (Fsp3) is 0.867. The Morgan fingerprint density at radius 1 is 1.24 bits per heavy atom. The van der Waals surface area contributed by atoms with Crippen LogP contribution in [0.25, 0.3) is 0 Å². The van der Waals surface area contributed by atoms with Crippen molar-refractivity contribution in [3.63, 3.8) is 0 Å². The summed E-state index contributed by atoms with van der Waals surface area (Å²) in [5.41, 5.74) is 0. The van der Waals surface area contributed by atoms with E-state index >= 15 is 0 Å². The Morgan fingerprint density at radius 3 is 2.57 bits per heavy atom. The first-order valence-corrected chi connectivity index (χ1v) is 7.97. The molecule has 0 bridgehead atoms. The molecule has 2 aliphatic rings. The SMILES string of the molecule is CCNC(=O)C[C@@H]1CC[C@H](NC(=O)C2CCC2)[C@H](CO)O1. The van der Waals surface area contributed by atoms with Gasteiger partial charge in [-0.3, -0.25) is 9.59 Å². The van der Waals surface area contributed by atoms with E-state index in [1.165, 1.54) is 0 Å². The average Bonchev–Trinajstić information content (AvgIpc) is 2.38. The van der Waals surface area contributed by atoms with E-state index in [2.05, 4.69) is 10.6 Å². The minimum absolute atomic E-state index is 0.0313. The van der Waals surface area contributed by atoms with Crippen molar-refractivity contribution >= 4 is 11.8 Å². The smallest absolute Gasteiger partial charge is 0.223 e. The van der Waals surface area contributed by atoms with Crippen LogP contribution in [0.3, 0.4) is 0 Å². The highest BCUT2D eigenvalue weighted by atomic mass is 16.5. The molecule has 0 radical (unpaired) electrons. The number of nitrogens with one attached hydrogen (secondary N) is 2. The van der Waals surface area contributed by atoms with Crippen LogP contribution in [0.2, 0.25) is 0 Å². The quantitative estimate of drug-likeness (QED) is 0.660. The van der Waals surface area contributed by atoms with Gasteiger partial charge in [-0.2, -0.15) is 0 Å². The highest BCUT2D eigenvalue weighted by Gasteiger charge is 2.35. The predicted molar refractivity (Wildman–Crippen MR) is 77.6 cm³/mol. The van der Waals surface area contributed by atoms with Crippen LogP contribution in [-0.4, -0.2) is 48.3 Å². The second-order valence-electron chi connectivity index (χ2n) is 5.96. The van der Waals surface area contributed by atoms with Crippen molar-refractivity contribution in [2.45, 2.75) is 63.7 Å². The molecular weight excluding hydrogens is 272 g/mol. The third-order valence-electron chi connectivity index (χ3n) is 4.39. The zero-order valence-electron chi connectivity index (χ0n) is 12.6. The average molecular weight is 298 g/mol. The molecule has 0 aromatic carbocycles. The second-order valence-corrected chi connectivity index (χ2v) is 5.96. The molecule has 1 saturated heterocycles. The van der Waals surface area contributed by atoms with Gasteiger partial charge < -0.3 is 20.5 Å². The van der Waals surface area contributed by atoms with Crippen LogP contribution >= 0.6 is 0 Å². The Bertz CT molecular complexity index is 371. The molecular formula is C15H26N2O4. The second kappa shape index (κ2) is 7.75. The Morgan fingerprint density at radius 2 is 2.00 bits per heavy atom. The van der Waals surface area contributed by atoms with Gasteiger partial charge in [0.15, 0.2) is 0 Å². The van der Waals surface area contributed by atoms with Crippen LogP contribution < -0.4 is 10.6 Å².